The first-order valence-corrected chi connectivity index (χ1v) is 9.78. The van der Waals surface area contributed by atoms with Crippen LogP contribution in [0.3, 0.4) is 0 Å². The van der Waals surface area contributed by atoms with E-state index in [1.165, 1.54) is 11.8 Å². The number of rotatable bonds is 6. The molecular weight excluding hydrogens is 372 g/mol. The molecule has 1 aliphatic heterocycles. The highest BCUT2D eigenvalue weighted by Gasteiger charge is 2.18. The van der Waals surface area contributed by atoms with Crippen LogP contribution in [0.1, 0.15) is 4.88 Å². The van der Waals surface area contributed by atoms with Gasteiger partial charge in [0, 0.05) is 17.5 Å². The van der Waals surface area contributed by atoms with Gasteiger partial charge in [-0.15, -0.1) is 21.5 Å². The topological polar surface area (TPSA) is 78.3 Å². The smallest absolute Gasteiger partial charge is 0.231 e. The van der Waals surface area contributed by atoms with Crippen molar-refractivity contribution in [2.24, 2.45) is 7.05 Å². The molecule has 0 spiro atoms. The molecule has 3 heterocycles. The van der Waals surface area contributed by atoms with Crippen molar-refractivity contribution in [1.29, 1.82) is 0 Å². The van der Waals surface area contributed by atoms with Crippen LogP contribution in [-0.2, 0) is 18.4 Å². The van der Waals surface area contributed by atoms with E-state index in [1.54, 1.807) is 11.3 Å². The van der Waals surface area contributed by atoms with Crippen LogP contribution in [0.2, 0.25) is 0 Å². The van der Waals surface area contributed by atoms with E-state index in [9.17, 15) is 4.79 Å². The Morgan fingerprint density at radius 2 is 2.19 bits per heavy atom. The molecule has 1 aliphatic rings. The fraction of sp³-hybridized carbons (Fsp3) is 0.235. The summed E-state index contributed by atoms with van der Waals surface area (Å²) in [4.78, 5) is 13.1. The van der Waals surface area contributed by atoms with Gasteiger partial charge in [0.2, 0.25) is 12.7 Å². The molecule has 0 saturated heterocycles. The van der Waals surface area contributed by atoms with Crippen LogP contribution in [0.25, 0.3) is 11.4 Å². The summed E-state index contributed by atoms with van der Waals surface area (Å²) in [5.41, 5.74) is 0.887. The van der Waals surface area contributed by atoms with Crippen LogP contribution in [-0.4, -0.2) is 33.2 Å². The van der Waals surface area contributed by atoms with E-state index in [-0.39, 0.29) is 12.7 Å². The summed E-state index contributed by atoms with van der Waals surface area (Å²) in [6, 6.07) is 9.63. The molecule has 2 aromatic heterocycles. The number of amides is 1. The van der Waals surface area contributed by atoms with E-state index < -0.39 is 0 Å². The van der Waals surface area contributed by atoms with Crippen molar-refractivity contribution >= 4 is 29.0 Å². The highest BCUT2D eigenvalue weighted by atomic mass is 32.2. The van der Waals surface area contributed by atoms with E-state index in [0.717, 1.165) is 16.2 Å². The molecule has 1 N–H and O–H groups in total. The summed E-state index contributed by atoms with van der Waals surface area (Å²) in [5.74, 6) is 2.40. The van der Waals surface area contributed by atoms with E-state index >= 15 is 0 Å². The largest absolute Gasteiger partial charge is 0.454 e. The zero-order valence-electron chi connectivity index (χ0n) is 14.0. The molecule has 0 atom stereocenters. The van der Waals surface area contributed by atoms with E-state index in [4.69, 9.17) is 9.47 Å². The van der Waals surface area contributed by atoms with E-state index in [1.807, 2.05) is 47.3 Å². The molecule has 0 fully saturated rings. The number of fused-ring (bicyclic) bond motifs is 1. The van der Waals surface area contributed by atoms with Gasteiger partial charge in [-0.1, -0.05) is 17.8 Å². The first-order valence-electron chi connectivity index (χ1n) is 7.92. The SMILES string of the molecule is Cn1c(SCC(=O)NCc2cccs2)nnc1-c1ccc2c(c1)OCO2. The van der Waals surface area contributed by atoms with Crippen LogP contribution in [0.4, 0.5) is 0 Å². The third kappa shape index (κ3) is 3.54. The fourth-order valence-electron chi connectivity index (χ4n) is 2.51. The average Bonchev–Trinajstić information content (AvgIpc) is 3.39. The average molecular weight is 388 g/mol. The van der Waals surface area contributed by atoms with E-state index in [2.05, 4.69) is 15.5 Å². The number of hydrogen-bond acceptors (Lipinski definition) is 7. The Morgan fingerprint density at radius 3 is 3.04 bits per heavy atom. The van der Waals surface area contributed by atoms with Crippen molar-refractivity contribution in [1.82, 2.24) is 20.1 Å². The van der Waals surface area contributed by atoms with Crippen LogP contribution < -0.4 is 14.8 Å². The number of thioether (sulfide) groups is 1. The number of hydrogen-bond donors (Lipinski definition) is 1. The summed E-state index contributed by atoms with van der Waals surface area (Å²) in [6.45, 7) is 0.789. The van der Waals surface area contributed by atoms with Gasteiger partial charge in [0.25, 0.3) is 0 Å². The maximum atomic E-state index is 12.0. The maximum absolute atomic E-state index is 12.0. The van der Waals surface area contributed by atoms with Crippen molar-refractivity contribution in [3.05, 3.63) is 40.6 Å². The van der Waals surface area contributed by atoms with E-state index in [0.29, 0.717) is 29.0 Å². The highest BCUT2D eigenvalue weighted by molar-refractivity contribution is 7.99. The zero-order chi connectivity index (χ0) is 17.9. The molecular formula is C17H16N4O3S2. The highest BCUT2D eigenvalue weighted by Crippen LogP contribution is 2.35. The Bertz CT molecular complexity index is 924. The predicted octanol–water partition coefficient (Wildman–Crippen LogP) is 2.68. The molecule has 0 unspecified atom stereocenters. The van der Waals surface area contributed by atoms with Crippen molar-refractivity contribution < 1.29 is 14.3 Å². The molecule has 0 saturated carbocycles. The van der Waals surface area contributed by atoms with Gasteiger partial charge in [-0.2, -0.15) is 0 Å². The second kappa shape index (κ2) is 7.38. The van der Waals surface area contributed by atoms with Crippen molar-refractivity contribution in [3.8, 4) is 22.9 Å². The van der Waals surface area contributed by atoms with Crippen LogP contribution in [0, 0.1) is 0 Å². The number of ether oxygens (including phenoxy) is 2. The van der Waals surface area contributed by atoms with Crippen LogP contribution in [0.15, 0.2) is 40.9 Å². The number of thiophene rings is 1. The number of benzene rings is 1. The summed E-state index contributed by atoms with van der Waals surface area (Å²) in [5, 5.41) is 14.0. The molecule has 0 bridgehead atoms. The monoisotopic (exact) mass is 388 g/mol. The Morgan fingerprint density at radius 1 is 1.31 bits per heavy atom. The van der Waals surface area contributed by atoms with Crippen molar-refractivity contribution in [2.75, 3.05) is 12.5 Å². The normalized spacial score (nSPS) is 12.3. The molecule has 4 rings (SSSR count). The first kappa shape index (κ1) is 16.9. The number of nitrogens with one attached hydrogen (secondary N) is 1. The van der Waals surface area contributed by atoms with Gasteiger partial charge >= 0.3 is 0 Å². The van der Waals surface area contributed by atoms with Gasteiger partial charge in [0.15, 0.2) is 22.5 Å². The number of nitrogens with zero attached hydrogens (tertiary/aromatic N) is 3. The quantitative estimate of drug-likeness (QED) is 0.654. The van der Waals surface area contributed by atoms with Gasteiger partial charge in [-0.05, 0) is 29.6 Å². The Kier molecular flexibility index (Phi) is 4.81. The van der Waals surface area contributed by atoms with Gasteiger partial charge in [0.05, 0.1) is 12.3 Å². The molecule has 7 nitrogen and oxygen atoms in total. The standard InChI is InChI=1S/C17H16N4O3S2/c1-21-16(11-4-5-13-14(7-11)24-10-23-13)19-20-17(21)26-9-15(22)18-8-12-3-2-6-25-12/h2-7H,8-10H2,1H3,(H,18,22). The molecule has 1 aromatic carbocycles. The molecule has 3 aromatic rings. The number of carbonyl (C=O) groups excluding carboxylic acids is 1. The number of carbonyl (C=O) groups is 1. The maximum Gasteiger partial charge on any atom is 0.231 e. The molecule has 0 aliphatic carbocycles. The van der Waals surface area contributed by atoms with Gasteiger partial charge in [-0.3, -0.25) is 4.79 Å². The lowest BCUT2D eigenvalue weighted by molar-refractivity contribution is -0.118. The van der Waals surface area contributed by atoms with Crippen molar-refractivity contribution in [3.63, 3.8) is 0 Å². The fourth-order valence-corrected chi connectivity index (χ4v) is 3.89. The lowest BCUT2D eigenvalue weighted by Crippen LogP contribution is -2.24. The third-order valence-corrected chi connectivity index (χ3v) is 5.73. The second-order valence-corrected chi connectivity index (χ2v) is 7.55. The van der Waals surface area contributed by atoms with Gasteiger partial charge in [0.1, 0.15) is 0 Å². The molecule has 9 heteroatoms. The van der Waals surface area contributed by atoms with Crippen molar-refractivity contribution in [2.45, 2.75) is 11.7 Å². The summed E-state index contributed by atoms with van der Waals surface area (Å²) in [7, 11) is 1.88. The second-order valence-electron chi connectivity index (χ2n) is 5.58. The minimum absolute atomic E-state index is 0.0315. The molecule has 1 amide bonds. The molecule has 26 heavy (non-hydrogen) atoms. The molecule has 134 valence electrons. The third-order valence-electron chi connectivity index (χ3n) is 3.84. The summed E-state index contributed by atoms with van der Waals surface area (Å²) in [6.07, 6.45) is 0. The molecule has 0 radical (unpaired) electrons. The lowest BCUT2D eigenvalue weighted by atomic mass is 10.2. The zero-order valence-corrected chi connectivity index (χ0v) is 15.6. The first-order chi connectivity index (χ1) is 12.7. The van der Waals surface area contributed by atoms with Gasteiger partial charge < -0.3 is 19.4 Å². The number of aromatic nitrogens is 3. The van der Waals surface area contributed by atoms with Crippen LogP contribution >= 0.6 is 23.1 Å². The Labute approximate surface area is 158 Å². The Hall–Kier alpha value is -2.52. The predicted molar refractivity (Wildman–Crippen MR) is 99.5 cm³/mol. The minimum Gasteiger partial charge on any atom is -0.454 e. The van der Waals surface area contributed by atoms with Gasteiger partial charge in [-0.25, -0.2) is 0 Å². The van der Waals surface area contributed by atoms with Crippen LogP contribution in [0.5, 0.6) is 11.5 Å². The minimum atomic E-state index is -0.0315. The summed E-state index contributed by atoms with van der Waals surface area (Å²) >= 11 is 2.98. The lowest BCUT2D eigenvalue weighted by Gasteiger charge is -2.05. The summed E-state index contributed by atoms with van der Waals surface area (Å²) < 4.78 is 12.6. The Balaban J connectivity index is 1.38.